The number of hydrogen-bond acceptors (Lipinski definition) is 3. The number of fused-ring (bicyclic) bond motifs is 1. The van der Waals surface area contributed by atoms with E-state index in [1.165, 1.54) is 14.2 Å². The van der Waals surface area contributed by atoms with Gasteiger partial charge in [-0.3, -0.25) is 4.79 Å². The minimum absolute atomic E-state index is 0.0423. The van der Waals surface area contributed by atoms with Gasteiger partial charge in [0.25, 0.3) is 5.79 Å². The summed E-state index contributed by atoms with van der Waals surface area (Å²) >= 11 is 0. The highest BCUT2D eigenvalue weighted by atomic mass is 16.7. The van der Waals surface area contributed by atoms with E-state index in [0.29, 0.717) is 11.1 Å². The smallest absolute Gasteiger partial charge is 0.361 e. The van der Waals surface area contributed by atoms with Crippen LogP contribution in [0.3, 0.4) is 0 Å². The van der Waals surface area contributed by atoms with E-state index in [9.17, 15) is 4.79 Å². The molecule has 82 valence electrons. The van der Waals surface area contributed by atoms with Gasteiger partial charge in [-0.25, -0.2) is 0 Å². The maximum Gasteiger partial charge on any atom is 0.371 e. The van der Waals surface area contributed by atoms with E-state index in [2.05, 4.69) is 4.79 Å². The Labute approximate surface area is 92.2 Å². The number of hydrogen-bond donors (Lipinski definition) is 0. The lowest BCUT2D eigenvalue weighted by Crippen LogP contribution is -2.38. The molecule has 0 N–H and O–H groups in total. The Kier molecular flexibility index (Phi) is 2.44. The molecule has 0 radical (unpaired) electrons. The van der Waals surface area contributed by atoms with Gasteiger partial charge < -0.3 is 15.0 Å². The molecule has 0 atom stereocenters. The van der Waals surface area contributed by atoms with Crippen LogP contribution >= 0.6 is 0 Å². The number of ether oxygens (including phenoxy) is 2. The maximum absolute atomic E-state index is 12.0. The van der Waals surface area contributed by atoms with Crippen LogP contribution in [0.25, 0.3) is 5.53 Å². The summed E-state index contributed by atoms with van der Waals surface area (Å²) < 4.78 is 10.3. The van der Waals surface area contributed by atoms with Gasteiger partial charge in [-0.1, -0.05) is 18.2 Å². The molecule has 1 aromatic carbocycles. The highest BCUT2D eigenvalue weighted by Crippen LogP contribution is 2.36. The molecule has 1 aliphatic rings. The van der Waals surface area contributed by atoms with E-state index < -0.39 is 11.6 Å². The third-order valence-electron chi connectivity index (χ3n) is 2.73. The molecule has 0 saturated carbocycles. The molecule has 0 amide bonds. The maximum atomic E-state index is 12.0. The lowest BCUT2D eigenvalue weighted by molar-refractivity contribution is -0.206. The van der Waals surface area contributed by atoms with Crippen LogP contribution in [0.15, 0.2) is 24.3 Å². The fourth-order valence-electron chi connectivity index (χ4n) is 1.97. The number of benzene rings is 1. The molecule has 0 saturated heterocycles. The van der Waals surface area contributed by atoms with Gasteiger partial charge in [0.2, 0.25) is 0 Å². The second-order valence-corrected chi connectivity index (χ2v) is 3.35. The second-order valence-electron chi connectivity index (χ2n) is 3.35. The van der Waals surface area contributed by atoms with E-state index in [-0.39, 0.29) is 5.71 Å². The molecule has 1 aromatic rings. The number of nitrogens with zero attached hydrogens (tertiary/aromatic N) is 2. The van der Waals surface area contributed by atoms with Gasteiger partial charge >= 0.3 is 11.5 Å². The van der Waals surface area contributed by atoms with E-state index in [1.807, 2.05) is 0 Å². The predicted octanol–water partition coefficient (Wildman–Crippen LogP) is 0.734. The summed E-state index contributed by atoms with van der Waals surface area (Å²) in [6.07, 6.45) is 0. The van der Waals surface area contributed by atoms with Crippen molar-refractivity contribution in [3.63, 3.8) is 0 Å². The molecule has 1 aliphatic carbocycles. The van der Waals surface area contributed by atoms with Crippen LogP contribution in [-0.2, 0) is 20.1 Å². The number of carbonyl (C=O) groups is 1. The van der Waals surface area contributed by atoms with Crippen molar-refractivity contribution in [2.45, 2.75) is 5.79 Å². The monoisotopic (exact) mass is 218 g/mol. The van der Waals surface area contributed by atoms with Crippen molar-refractivity contribution >= 4 is 11.5 Å². The van der Waals surface area contributed by atoms with Crippen molar-refractivity contribution in [2.24, 2.45) is 0 Å². The second kappa shape index (κ2) is 3.64. The molecule has 0 aliphatic heterocycles. The van der Waals surface area contributed by atoms with Gasteiger partial charge in [0.15, 0.2) is 0 Å². The number of ketones is 1. The lowest BCUT2D eigenvalue weighted by Gasteiger charge is -2.23. The molecule has 2 rings (SSSR count). The summed E-state index contributed by atoms with van der Waals surface area (Å²) in [6, 6.07) is 6.90. The minimum atomic E-state index is -1.49. The van der Waals surface area contributed by atoms with E-state index in [0.717, 1.165) is 0 Å². The Morgan fingerprint density at radius 1 is 1.25 bits per heavy atom. The summed E-state index contributed by atoms with van der Waals surface area (Å²) in [6.45, 7) is 0. The first kappa shape index (κ1) is 10.7. The number of carbonyl (C=O) groups excluding carboxylic acids is 1. The van der Waals surface area contributed by atoms with Crippen molar-refractivity contribution in [3.05, 3.63) is 40.9 Å². The van der Waals surface area contributed by atoms with E-state index >= 15 is 0 Å². The molecule has 16 heavy (non-hydrogen) atoms. The van der Waals surface area contributed by atoms with Crippen LogP contribution in [0.1, 0.15) is 11.1 Å². The first-order valence-corrected chi connectivity index (χ1v) is 4.68. The quantitative estimate of drug-likeness (QED) is 0.417. The van der Waals surface area contributed by atoms with Gasteiger partial charge in [-0.2, -0.15) is 4.79 Å². The molecule has 0 spiro atoms. The Bertz CT molecular complexity index is 500. The molecule has 5 heteroatoms. The van der Waals surface area contributed by atoms with Crippen molar-refractivity contribution in [2.75, 3.05) is 14.2 Å². The molecular formula is C11H10N2O3. The first-order valence-electron chi connectivity index (χ1n) is 4.68. The highest BCUT2D eigenvalue weighted by molar-refractivity contribution is 6.49. The van der Waals surface area contributed by atoms with Crippen molar-refractivity contribution in [3.8, 4) is 0 Å². The van der Waals surface area contributed by atoms with E-state index in [1.54, 1.807) is 24.3 Å². The fraction of sp³-hybridized carbons (Fsp3) is 0.273. The van der Waals surface area contributed by atoms with Crippen molar-refractivity contribution in [1.29, 1.82) is 0 Å². The zero-order valence-corrected chi connectivity index (χ0v) is 8.93. The lowest BCUT2D eigenvalue weighted by atomic mass is 10.1. The first-order chi connectivity index (χ1) is 7.71. The summed E-state index contributed by atoms with van der Waals surface area (Å²) in [5.41, 5.74) is 9.90. The Balaban J connectivity index is 2.78. The molecule has 0 heterocycles. The molecule has 0 unspecified atom stereocenters. The third-order valence-corrected chi connectivity index (χ3v) is 2.73. The third kappa shape index (κ3) is 1.10. The average Bonchev–Trinajstić information content (AvgIpc) is 2.58. The zero-order valence-electron chi connectivity index (χ0n) is 8.93. The molecule has 0 fully saturated rings. The summed E-state index contributed by atoms with van der Waals surface area (Å²) in [4.78, 5) is 15.0. The molecule has 5 nitrogen and oxygen atoms in total. The molecule has 0 bridgehead atoms. The number of Topliss-reactive ketones (excluding diaryl/α,β-unsaturated/α-hetero) is 1. The molecular weight excluding hydrogens is 208 g/mol. The topological polar surface area (TPSA) is 71.9 Å². The number of methoxy groups -OCH3 is 2. The Hall–Kier alpha value is -1.81. The van der Waals surface area contributed by atoms with Crippen LogP contribution in [0, 0.1) is 0 Å². The predicted molar refractivity (Wildman–Crippen MR) is 54.9 cm³/mol. The standard InChI is InChI=1S/C11H10N2O3/c1-15-11(16-2)8-6-4-3-5-7(8)9(13-12)10(11)14/h3-6H,1-2H3. The van der Waals surface area contributed by atoms with Crippen molar-refractivity contribution in [1.82, 2.24) is 0 Å². The normalized spacial score (nSPS) is 17.1. The minimum Gasteiger partial charge on any atom is -0.361 e. The Morgan fingerprint density at radius 3 is 2.44 bits per heavy atom. The van der Waals surface area contributed by atoms with E-state index in [4.69, 9.17) is 15.0 Å². The van der Waals surface area contributed by atoms with Crippen LogP contribution in [-0.4, -0.2) is 30.5 Å². The summed E-state index contributed by atoms with van der Waals surface area (Å²) in [5.74, 6) is -1.99. The zero-order chi connectivity index (χ0) is 11.8. The van der Waals surface area contributed by atoms with Crippen LogP contribution in [0.2, 0.25) is 0 Å². The largest absolute Gasteiger partial charge is 0.371 e. The van der Waals surface area contributed by atoms with Gasteiger partial charge in [-0.05, 0) is 6.07 Å². The summed E-state index contributed by atoms with van der Waals surface area (Å²) in [5, 5.41) is 0. The fourth-order valence-corrected chi connectivity index (χ4v) is 1.97. The highest BCUT2D eigenvalue weighted by Gasteiger charge is 2.56. The van der Waals surface area contributed by atoms with Crippen LogP contribution in [0.4, 0.5) is 0 Å². The van der Waals surface area contributed by atoms with Gasteiger partial charge in [0, 0.05) is 19.8 Å². The van der Waals surface area contributed by atoms with Crippen molar-refractivity contribution < 1.29 is 19.1 Å². The van der Waals surface area contributed by atoms with Gasteiger partial charge in [0.1, 0.15) is 0 Å². The SMILES string of the molecule is COC1(OC)C(=O)C(=[N+]=[N-])c2ccccc21. The summed E-state index contributed by atoms with van der Waals surface area (Å²) in [7, 11) is 2.75. The average molecular weight is 218 g/mol. The van der Waals surface area contributed by atoms with Gasteiger partial charge in [-0.15, -0.1) is 0 Å². The molecule has 0 aromatic heterocycles. The van der Waals surface area contributed by atoms with Gasteiger partial charge in [0.05, 0.1) is 5.56 Å². The van der Waals surface area contributed by atoms with Crippen LogP contribution in [0.5, 0.6) is 0 Å². The Morgan fingerprint density at radius 2 is 1.88 bits per heavy atom. The number of rotatable bonds is 2. The van der Waals surface area contributed by atoms with Crippen LogP contribution < -0.4 is 0 Å².